The summed E-state index contributed by atoms with van der Waals surface area (Å²) < 4.78 is 16.5. The molecule has 4 aromatic rings. The van der Waals surface area contributed by atoms with Crippen molar-refractivity contribution in [2.45, 2.75) is 0 Å². The zero-order valence-electron chi connectivity index (χ0n) is 19.2. The Hall–Kier alpha value is -4.64. The number of carbonyl (C=O) groups excluding carboxylic acids is 1. The van der Waals surface area contributed by atoms with E-state index < -0.39 is 11.4 Å². The van der Waals surface area contributed by atoms with Crippen LogP contribution >= 0.6 is 0 Å². The smallest absolute Gasteiger partial charge is 0.283 e. The summed E-state index contributed by atoms with van der Waals surface area (Å²) in [6, 6.07) is 11.9. The summed E-state index contributed by atoms with van der Waals surface area (Å²) in [5.41, 5.74) is 1.94. The highest BCUT2D eigenvalue weighted by molar-refractivity contribution is 5.99. The largest absolute Gasteiger partial charge is 0.369 e. The van der Waals surface area contributed by atoms with E-state index in [4.69, 9.17) is 0 Å². The van der Waals surface area contributed by atoms with E-state index in [-0.39, 0.29) is 28.6 Å². The van der Waals surface area contributed by atoms with Crippen LogP contribution in [-0.2, 0) is 4.79 Å². The van der Waals surface area contributed by atoms with Gasteiger partial charge in [0.1, 0.15) is 17.5 Å². The predicted molar refractivity (Wildman–Crippen MR) is 137 cm³/mol. The third-order valence-electron chi connectivity index (χ3n) is 5.78. The van der Waals surface area contributed by atoms with Gasteiger partial charge < -0.3 is 20.9 Å². The van der Waals surface area contributed by atoms with Gasteiger partial charge in [-0.2, -0.15) is 9.97 Å². The summed E-state index contributed by atoms with van der Waals surface area (Å²) in [6.45, 7) is 6.78. The van der Waals surface area contributed by atoms with E-state index in [2.05, 4.69) is 42.4 Å². The van der Waals surface area contributed by atoms with Crippen LogP contribution in [0.4, 0.5) is 27.4 Å². The van der Waals surface area contributed by atoms with Crippen LogP contribution in [0.2, 0.25) is 0 Å². The maximum Gasteiger partial charge on any atom is 0.283 e. The first-order valence-corrected chi connectivity index (χ1v) is 11.3. The van der Waals surface area contributed by atoms with Crippen LogP contribution in [0.3, 0.4) is 0 Å². The van der Waals surface area contributed by atoms with Gasteiger partial charge in [-0.15, -0.1) is 0 Å². The topological polar surface area (TPSA) is 117 Å². The molecule has 2 aromatic heterocycles. The average molecular weight is 487 g/mol. The number of benzene rings is 2. The SMILES string of the molecule is C=CC(=O)Nc1cccc(-n2cnc(=O)c3cnc(Nc4ccc(N5CCNCC5)cc4F)nc32)c1. The zero-order valence-corrected chi connectivity index (χ0v) is 19.2. The molecule has 1 aliphatic heterocycles. The molecule has 3 heterocycles. The standard InChI is InChI=1S/C25H23FN8O2/c1-2-22(35)30-16-4-3-5-18(12-16)34-15-29-24(36)19-14-28-25(32-23(19)34)31-21-7-6-17(13-20(21)26)33-10-8-27-9-11-33/h2-7,12-15,27H,1,8-11H2,(H,30,35)(H,28,31,32). The maximum absolute atomic E-state index is 14.9. The van der Waals surface area contributed by atoms with Crippen LogP contribution in [0.5, 0.6) is 0 Å². The number of nitrogens with zero attached hydrogens (tertiary/aromatic N) is 5. The number of piperazine rings is 1. The van der Waals surface area contributed by atoms with Crippen LogP contribution < -0.4 is 26.4 Å². The van der Waals surface area contributed by atoms with E-state index in [0.717, 1.165) is 31.9 Å². The third kappa shape index (κ3) is 4.77. The van der Waals surface area contributed by atoms with E-state index in [9.17, 15) is 14.0 Å². The van der Waals surface area contributed by atoms with Crippen LogP contribution in [0.1, 0.15) is 0 Å². The molecule has 5 rings (SSSR count). The number of fused-ring (bicyclic) bond motifs is 1. The van der Waals surface area contributed by atoms with Gasteiger partial charge in [-0.25, -0.2) is 9.37 Å². The average Bonchev–Trinajstić information content (AvgIpc) is 2.90. The Bertz CT molecular complexity index is 1510. The molecule has 0 radical (unpaired) electrons. The molecular weight excluding hydrogens is 463 g/mol. The molecular formula is C25H23FN8O2. The Labute approximate surface area is 205 Å². The molecule has 0 unspecified atom stereocenters. The number of rotatable bonds is 6. The Kier molecular flexibility index (Phi) is 6.37. The van der Waals surface area contributed by atoms with Gasteiger partial charge in [0.05, 0.1) is 11.4 Å². The molecule has 2 aromatic carbocycles. The molecule has 0 spiro atoms. The van der Waals surface area contributed by atoms with Gasteiger partial charge in [0.2, 0.25) is 11.9 Å². The first-order chi connectivity index (χ1) is 17.5. The number of amides is 1. The molecule has 1 aliphatic rings. The normalized spacial score (nSPS) is 13.4. The van der Waals surface area contributed by atoms with Crippen LogP contribution in [-0.4, -0.2) is 51.6 Å². The van der Waals surface area contributed by atoms with Gasteiger partial charge in [-0.1, -0.05) is 12.6 Å². The van der Waals surface area contributed by atoms with Gasteiger partial charge in [0.25, 0.3) is 5.56 Å². The molecule has 0 saturated carbocycles. The highest BCUT2D eigenvalue weighted by Gasteiger charge is 2.15. The van der Waals surface area contributed by atoms with E-state index in [1.165, 1.54) is 24.7 Å². The van der Waals surface area contributed by atoms with E-state index in [1.54, 1.807) is 34.9 Å². The molecule has 3 N–H and O–H groups in total. The van der Waals surface area contributed by atoms with Crippen molar-refractivity contribution in [1.29, 1.82) is 0 Å². The van der Waals surface area contributed by atoms with E-state index in [1.807, 2.05) is 6.07 Å². The number of anilines is 4. The Morgan fingerprint density at radius 1 is 1.11 bits per heavy atom. The van der Waals surface area contributed by atoms with Gasteiger partial charge in [0.15, 0.2) is 5.65 Å². The molecule has 1 saturated heterocycles. The summed E-state index contributed by atoms with van der Waals surface area (Å²) in [6.07, 6.45) is 3.87. The molecule has 0 aliphatic carbocycles. The zero-order chi connectivity index (χ0) is 25.1. The number of hydrogen-bond donors (Lipinski definition) is 3. The summed E-state index contributed by atoms with van der Waals surface area (Å²) in [7, 11) is 0. The lowest BCUT2D eigenvalue weighted by molar-refractivity contribution is -0.111. The highest BCUT2D eigenvalue weighted by atomic mass is 19.1. The fraction of sp³-hybridized carbons (Fsp3) is 0.160. The summed E-state index contributed by atoms with van der Waals surface area (Å²) in [5, 5.41) is 9.07. The van der Waals surface area contributed by atoms with Gasteiger partial charge in [-0.05, 0) is 42.5 Å². The fourth-order valence-electron chi connectivity index (χ4n) is 3.96. The Balaban J connectivity index is 1.48. The lowest BCUT2D eigenvalue weighted by atomic mass is 10.2. The number of carbonyl (C=O) groups is 1. The first kappa shape index (κ1) is 23.1. The monoisotopic (exact) mass is 486 g/mol. The second-order valence-corrected chi connectivity index (χ2v) is 8.12. The summed E-state index contributed by atoms with van der Waals surface area (Å²) in [5.74, 6) is -0.673. The van der Waals surface area contributed by atoms with Crippen molar-refractivity contribution in [1.82, 2.24) is 24.8 Å². The number of nitrogens with one attached hydrogen (secondary N) is 3. The Morgan fingerprint density at radius 2 is 1.94 bits per heavy atom. The van der Waals surface area contributed by atoms with Gasteiger partial charge in [-0.3, -0.25) is 14.2 Å². The van der Waals surface area contributed by atoms with Gasteiger partial charge in [0, 0.05) is 43.8 Å². The number of halogens is 1. The first-order valence-electron chi connectivity index (χ1n) is 11.3. The lowest BCUT2D eigenvalue weighted by Gasteiger charge is -2.29. The van der Waals surface area contributed by atoms with E-state index in [0.29, 0.717) is 11.4 Å². The van der Waals surface area contributed by atoms with Crippen LogP contribution in [0, 0.1) is 5.82 Å². The fourth-order valence-corrected chi connectivity index (χ4v) is 3.96. The minimum Gasteiger partial charge on any atom is -0.369 e. The minimum atomic E-state index is -0.490. The van der Waals surface area contributed by atoms with Crippen molar-refractivity contribution in [2.24, 2.45) is 0 Å². The predicted octanol–water partition coefficient (Wildman–Crippen LogP) is 2.59. The van der Waals surface area contributed by atoms with Crippen LogP contribution in [0.25, 0.3) is 16.7 Å². The molecule has 36 heavy (non-hydrogen) atoms. The molecule has 1 amide bonds. The maximum atomic E-state index is 14.9. The highest BCUT2D eigenvalue weighted by Crippen LogP contribution is 2.25. The van der Waals surface area contributed by atoms with Crippen molar-refractivity contribution in [3.05, 3.63) is 83.8 Å². The second kappa shape index (κ2) is 9.92. The number of hydrogen-bond acceptors (Lipinski definition) is 8. The molecule has 0 bridgehead atoms. The summed E-state index contributed by atoms with van der Waals surface area (Å²) >= 11 is 0. The summed E-state index contributed by atoms with van der Waals surface area (Å²) in [4.78, 5) is 38.7. The van der Waals surface area contributed by atoms with Crippen molar-refractivity contribution >= 4 is 40.0 Å². The molecule has 182 valence electrons. The molecule has 0 atom stereocenters. The quantitative estimate of drug-likeness (QED) is 0.356. The van der Waals surface area contributed by atoms with Crippen molar-refractivity contribution in [2.75, 3.05) is 41.7 Å². The third-order valence-corrected chi connectivity index (χ3v) is 5.78. The van der Waals surface area contributed by atoms with Crippen molar-refractivity contribution < 1.29 is 9.18 Å². The lowest BCUT2D eigenvalue weighted by Crippen LogP contribution is -2.43. The van der Waals surface area contributed by atoms with E-state index >= 15 is 0 Å². The minimum absolute atomic E-state index is 0.117. The van der Waals surface area contributed by atoms with Crippen molar-refractivity contribution in [3.63, 3.8) is 0 Å². The number of aromatic nitrogens is 4. The van der Waals surface area contributed by atoms with Crippen molar-refractivity contribution in [3.8, 4) is 5.69 Å². The molecule has 1 fully saturated rings. The molecule has 10 nitrogen and oxygen atoms in total. The Morgan fingerprint density at radius 3 is 2.72 bits per heavy atom. The second-order valence-electron chi connectivity index (χ2n) is 8.12. The van der Waals surface area contributed by atoms with Gasteiger partial charge >= 0.3 is 0 Å². The van der Waals surface area contributed by atoms with Crippen LogP contribution in [0.15, 0.2) is 72.4 Å². The molecule has 11 heteroatoms.